The Labute approximate surface area is 384 Å². The van der Waals surface area contributed by atoms with E-state index in [1.165, 1.54) is 141 Å². The lowest BCUT2D eigenvalue weighted by molar-refractivity contribution is -0.0707. The van der Waals surface area contributed by atoms with Gasteiger partial charge in [0.15, 0.2) is 0 Å². The van der Waals surface area contributed by atoms with Gasteiger partial charge in [-0.2, -0.15) is 0 Å². The molecule has 4 fully saturated rings. The van der Waals surface area contributed by atoms with Gasteiger partial charge in [0.25, 0.3) is 0 Å². The van der Waals surface area contributed by atoms with Crippen molar-refractivity contribution in [3.63, 3.8) is 0 Å². The summed E-state index contributed by atoms with van der Waals surface area (Å²) in [7, 11) is 0. The molecule has 3 unspecified atom stereocenters. The molecule has 3 saturated carbocycles. The minimum atomic E-state index is 0.0980. The van der Waals surface area contributed by atoms with Gasteiger partial charge in [-0.05, 0) is 155 Å². The number of allylic oxidation sites excluding steroid dienone is 5. The molecule has 0 bridgehead atoms. The Morgan fingerprint density at radius 1 is 0.726 bits per heavy atom. The molecule has 0 amide bonds. The Morgan fingerprint density at radius 2 is 1.48 bits per heavy atom. The van der Waals surface area contributed by atoms with Crippen molar-refractivity contribution in [2.75, 3.05) is 59.3 Å². The minimum Gasteiger partial charge on any atom is -0.379 e. The van der Waals surface area contributed by atoms with E-state index in [0.717, 1.165) is 75.1 Å². The van der Waals surface area contributed by atoms with Crippen LogP contribution in [0.25, 0.3) is 0 Å². The van der Waals surface area contributed by atoms with Crippen LogP contribution in [0.5, 0.6) is 0 Å². The minimum absolute atomic E-state index is 0.0980. The number of ether oxygens (including phenoxy) is 4. The fourth-order valence-electron chi connectivity index (χ4n) is 13.2. The van der Waals surface area contributed by atoms with Crippen LogP contribution in [0.15, 0.2) is 36.0 Å². The summed E-state index contributed by atoms with van der Waals surface area (Å²) in [6.07, 6.45) is 45.7. The number of hydrogen-bond donors (Lipinski definition) is 0. The maximum Gasteiger partial charge on any atom is 0.0936 e. The molecule has 1 aliphatic heterocycles. The lowest BCUT2D eigenvalue weighted by atomic mass is 9.47. The first kappa shape index (κ1) is 52.0. The van der Waals surface area contributed by atoms with Crippen molar-refractivity contribution < 1.29 is 18.9 Å². The molecule has 0 N–H and O–H groups in total. The van der Waals surface area contributed by atoms with Gasteiger partial charge in [0.2, 0.25) is 0 Å². The molecule has 0 aromatic heterocycles. The van der Waals surface area contributed by atoms with Crippen LogP contribution in [0.4, 0.5) is 0 Å². The fourth-order valence-corrected chi connectivity index (χ4v) is 13.2. The highest BCUT2D eigenvalue weighted by Crippen LogP contribution is 2.67. The van der Waals surface area contributed by atoms with E-state index in [4.69, 9.17) is 18.9 Å². The van der Waals surface area contributed by atoms with E-state index in [9.17, 15) is 0 Å². The Kier molecular flexibility index (Phi) is 23.2. The van der Waals surface area contributed by atoms with E-state index < -0.39 is 0 Å². The summed E-state index contributed by atoms with van der Waals surface area (Å²) in [5.41, 5.74) is 3.11. The third-order valence-corrected chi connectivity index (χ3v) is 17.0. The second-order valence-corrected chi connectivity index (χ2v) is 22.9. The summed E-state index contributed by atoms with van der Waals surface area (Å²) in [6.45, 7) is 24.5. The van der Waals surface area contributed by atoms with Gasteiger partial charge in [0.05, 0.1) is 45.2 Å². The molecule has 0 radical (unpaired) electrons. The van der Waals surface area contributed by atoms with Crippen molar-refractivity contribution in [1.29, 1.82) is 0 Å². The van der Waals surface area contributed by atoms with E-state index in [-0.39, 0.29) is 6.10 Å². The normalized spacial score (nSPS) is 30.3. The van der Waals surface area contributed by atoms with Gasteiger partial charge in [0, 0.05) is 19.7 Å². The third kappa shape index (κ3) is 16.7. The van der Waals surface area contributed by atoms with Crippen LogP contribution < -0.4 is 0 Å². The first-order valence-electron chi connectivity index (χ1n) is 27.1. The molecule has 0 aromatic carbocycles. The second kappa shape index (κ2) is 27.6. The Bertz CT molecular complexity index is 1310. The Balaban J connectivity index is 0.914. The van der Waals surface area contributed by atoms with Gasteiger partial charge in [0.1, 0.15) is 0 Å². The summed E-state index contributed by atoms with van der Waals surface area (Å²) < 4.78 is 25.3. The molecule has 5 aliphatic rings. The molecule has 0 aromatic rings. The summed E-state index contributed by atoms with van der Waals surface area (Å²) in [5.74, 6) is 4.55. The molecule has 62 heavy (non-hydrogen) atoms. The number of likely N-dealkylation sites (tertiary alicyclic amines) is 1. The van der Waals surface area contributed by atoms with Crippen LogP contribution in [-0.2, 0) is 18.9 Å². The van der Waals surface area contributed by atoms with Crippen molar-refractivity contribution in [2.45, 2.75) is 221 Å². The van der Waals surface area contributed by atoms with Crippen LogP contribution in [0.1, 0.15) is 209 Å². The molecule has 5 nitrogen and oxygen atoms in total. The smallest absolute Gasteiger partial charge is 0.0936 e. The van der Waals surface area contributed by atoms with Crippen LogP contribution in [0.2, 0.25) is 0 Å². The van der Waals surface area contributed by atoms with Crippen molar-refractivity contribution in [3.05, 3.63) is 36.0 Å². The quantitative estimate of drug-likeness (QED) is 0.0498. The predicted molar refractivity (Wildman–Crippen MR) is 264 cm³/mol. The molecular weight excluding hydrogens is 763 g/mol. The van der Waals surface area contributed by atoms with Gasteiger partial charge in [-0.25, -0.2) is 0 Å². The first-order chi connectivity index (χ1) is 30.0. The van der Waals surface area contributed by atoms with Crippen LogP contribution in [0, 0.1) is 45.8 Å². The molecule has 5 heteroatoms. The van der Waals surface area contributed by atoms with E-state index in [2.05, 4.69) is 83.7 Å². The van der Waals surface area contributed by atoms with Crippen LogP contribution in [0.3, 0.4) is 0 Å². The fraction of sp³-hybridized carbons (Fsp3) is 0.895. The molecule has 5 rings (SSSR count). The summed E-state index contributed by atoms with van der Waals surface area (Å²) in [5, 5.41) is 0. The Hall–Kier alpha value is -0.980. The number of unbranched alkanes of at least 4 members (excludes halogenated alkanes) is 10. The van der Waals surface area contributed by atoms with Crippen molar-refractivity contribution >= 4 is 0 Å². The first-order valence-corrected chi connectivity index (χ1v) is 27.1. The lowest BCUT2D eigenvalue weighted by Crippen LogP contribution is -2.50. The highest BCUT2D eigenvalue weighted by Gasteiger charge is 2.58. The van der Waals surface area contributed by atoms with E-state index in [1.54, 1.807) is 5.57 Å². The second-order valence-electron chi connectivity index (χ2n) is 22.9. The lowest BCUT2D eigenvalue weighted by Gasteiger charge is -2.58. The molecule has 358 valence electrons. The van der Waals surface area contributed by atoms with Gasteiger partial charge in [-0.15, -0.1) is 0 Å². The largest absolute Gasteiger partial charge is 0.379 e. The zero-order valence-corrected chi connectivity index (χ0v) is 42.1. The number of rotatable bonds is 32. The number of nitrogens with zero attached hydrogens (tertiary/aromatic N) is 1. The predicted octanol–water partition coefficient (Wildman–Crippen LogP) is 15.1. The van der Waals surface area contributed by atoms with Gasteiger partial charge in [-0.1, -0.05) is 142 Å². The van der Waals surface area contributed by atoms with Gasteiger partial charge < -0.3 is 23.8 Å². The third-order valence-electron chi connectivity index (χ3n) is 17.0. The van der Waals surface area contributed by atoms with Crippen molar-refractivity contribution in [2.24, 2.45) is 45.8 Å². The standard InChI is InChI=1S/C57H101NO4/c1-8-9-10-11-12-13-14-15-16-17-18-19-20-21-22-25-38-60-45-51(44-58-37-36-55(4,5)46-58)62-42-40-59-39-41-61-50-32-34-57(7)49(43-50)28-30-52-53-31-29-48(27-24-23-26-47(2)3)56(53,6)35-33-54(52)57/h12-13,15-16,28,47-48,50-54H,8-11,14,17-27,29-46H2,1-7H3/b13-12-,16-15-/t48?,50-,51?,52-,53-,54?,56+,57-/m0/s1. The van der Waals surface area contributed by atoms with Gasteiger partial charge in [-0.3, -0.25) is 0 Å². The van der Waals surface area contributed by atoms with Gasteiger partial charge >= 0.3 is 0 Å². The highest BCUT2D eigenvalue weighted by molar-refractivity contribution is 5.25. The summed E-state index contributed by atoms with van der Waals surface area (Å²) in [6, 6.07) is 0. The van der Waals surface area contributed by atoms with Crippen molar-refractivity contribution in [1.82, 2.24) is 4.90 Å². The van der Waals surface area contributed by atoms with Crippen molar-refractivity contribution in [3.8, 4) is 0 Å². The summed E-state index contributed by atoms with van der Waals surface area (Å²) >= 11 is 0. The average molecular weight is 864 g/mol. The van der Waals surface area contributed by atoms with E-state index in [0.29, 0.717) is 55.4 Å². The van der Waals surface area contributed by atoms with E-state index >= 15 is 0 Å². The van der Waals surface area contributed by atoms with Crippen LogP contribution in [-0.4, -0.2) is 76.4 Å². The molecule has 8 atom stereocenters. The average Bonchev–Trinajstić information content (AvgIpc) is 3.77. The molecule has 1 heterocycles. The topological polar surface area (TPSA) is 40.2 Å². The SMILES string of the molecule is CCCCC/C=C\C/C=C\CCCCCCCCOCC(CN1CCC(C)(C)C1)OCCOCCO[C@H]1CC[C@@]2(C)C(=CC[C@@H]3C2CC[C@]2(C)C(CCCCC(C)C)CC[C@@H]32)C1. The Morgan fingerprint density at radius 3 is 2.24 bits per heavy atom. The number of hydrogen-bond acceptors (Lipinski definition) is 5. The van der Waals surface area contributed by atoms with E-state index in [1.807, 2.05) is 0 Å². The van der Waals surface area contributed by atoms with Crippen LogP contribution >= 0.6 is 0 Å². The zero-order chi connectivity index (χ0) is 44.1. The molecule has 1 saturated heterocycles. The monoisotopic (exact) mass is 864 g/mol. The molecule has 0 spiro atoms. The molecule has 4 aliphatic carbocycles. The molecular formula is C57H101NO4. The maximum atomic E-state index is 6.52. The zero-order valence-electron chi connectivity index (χ0n) is 42.1. The highest BCUT2D eigenvalue weighted by atomic mass is 16.6. The maximum absolute atomic E-state index is 6.52. The summed E-state index contributed by atoms with van der Waals surface area (Å²) in [4.78, 5) is 2.58. The number of fused-ring (bicyclic) bond motifs is 5.